The predicted octanol–water partition coefficient (Wildman–Crippen LogP) is 3.75. The molecule has 3 aromatic carbocycles. The Hall–Kier alpha value is -3.93. The van der Waals surface area contributed by atoms with Gasteiger partial charge in [0.25, 0.3) is 0 Å². The van der Waals surface area contributed by atoms with Crippen molar-refractivity contribution >= 4 is 17.9 Å². The van der Waals surface area contributed by atoms with Crippen LogP contribution in [0, 0.1) is 0 Å². The van der Waals surface area contributed by atoms with Crippen molar-refractivity contribution in [1.29, 1.82) is 0 Å². The van der Waals surface area contributed by atoms with Crippen LogP contribution >= 0.6 is 0 Å². The quantitative estimate of drug-likeness (QED) is 0.520. The van der Waals surface area contributed by atoms with Gasteiger partial charge in [0.05, 0.1) is 17.5 Å². The van der Waals surface area contributed by atoms with E-state index in [2.05, 4.69) is 0 Å². The van der Waals surface area contributed by atoms with Gasteiger partial charge in [-0.05, 0) is 42.5 Å². The van der Waals surface area contributed by atoms with Crippen molar-refractivity contribution in [3.8, 4) is 11.5 Å². The molecule has 0 bridgehead atoms. The van der Waals surface area contributed by atoms with Crippen molar-refractivity contribution in [2.45, 2.75) is 6.42 Å². The topological polar surface area (TPSA) is 89.9 Å². The van der Waals surface area contributed by atoms with Crippen molar-refractivity contribution in [2.75, 3.05) is 0 Å². The van der Waals surface area contributed by atoms with E-state index in [-0.39, 0.29) is 17.1 Å². The van der Waals surface area contributed by atoms with E-state index >= 15 is 0 Å². The van der Waals surface area contributed by atoms with Crippen LogP contribution in [0.5, 0.6) is 11.5 Å². The number of carboxylic acids is 1. The normalized spacial score (nSPS) is 10.1. The molecular weight excluding hydrogens is 360 g/mol. The lowest BCUT2D eigenvalue weighted by atomic mass is 10.1. The minimum Gasteiger partial charge on any atom is -0.481 e. The van der Waals surface area contributed by atoms with E-state index in [0.29, 0.717) is 11.1 Å². The zero-order chi connectivity index (χ0) is 19.9. The zero-order valence-electron chi connectivity index (χ0n) is 14.7. The Kier molecular flexibility index (Phi) is 5.81. The Morgan fingerprint density at radius 1 is 0.714 bits per heavy atom. The predicted molar refractivity (Wildman–Crippen MR) is 101 cm³/mol. The summed E-state index contributed by atoms with van der Waals surface area (Å²) in [4.78, 5) is 35.6. The Morgan fingerprint density at radius 2 is 1.25 bits per heavy atom. The molecule has 0 saturated carbocycles. The maximum absolute atomic E-state index is 12.2. The molecule has 0 amide bonds. The van der Waals surface area contributed by atoms with Crippen molar-refractivity contribution in [2.24, 2.45) is 0 Å². The van der Waals surface area contributed by atoms with Crippen LogP contribution in [0.1, 0.15) is 26.3 Å². The maximum Gasteiger partial charge on any atom is 0.343 e. The van der Waals surface area contributed by atoms with Crippen LogP contribution in [0.3, 0.4) is 0 Å². The molecule has 140 valence electrons. The zero-order valence-corrected chi connectivity index (χ0v) is 14.7. The highest BCUT2D eigenvalue weighted by molar-refractivity contribution is 5.92. The second-order valence-electron chi connectivity index (χ2n) is 5.85. The Morgan fingerprint density at radius 3 is 1.79 bits per heavy atom. The van der Waals surface area contributed by atoms with Gasteiger partial charge in [-0.3, -0.25) is 4.79 Å². The molecule has 0 aromatic heterocycles. The third kappa shape index (κ3) is 4.82. The highest BCUT2D eigenvalue weighted by Gasteiger charge is 2.16. The van der Waals surface area contributed by atoms with Crippen LogP contribution in [0.2, 0.25) is 0 Å². The first-order valence-electron chi connectivity index (χ1n) is 8.42. The van der Waals surface area contributed by atoms with Gasteiger partial charge in [-0.25, -0.2) is 9.59 Å². The molecule has 6 heteroatoms. The van der Waals surface area contributed by atoms with E-state index in [9.17, 15) is 14.4 Å². The third-order valence-corrected chi connectivity index (χ3v) is 3.81. The summed E-state index contributed by atoms with van der Waals surface area (Å²) in [6.07, 6.45) is -0.395. The average Bonchev–Trinajstić information content (AvgIpc) is 2.70. The van der Waals surface area contributed by atoms with Gasteiger partial charge in [-0.1, -0.05) is 36.4 Å². The molecule has 0 heterocycles. The molecule has 0 aliphatic heterocycles. The summed E-state index contributed by atoms with van der Waals surface area (Å²) in [6, 6.07) is 21.0. The van der Waals surface area contributed by atoms with Gasteiger partial charge >= 0.3 is 17.9 Å². The van der Waals surface area contributed by atoms with E-state index in [0.717, 1.165) is 0 Å². The van der Waals surface area contributed by atoms with Gasteiger partial charge in [0.1, 0.15) is 11.5 Å². The standard InChI is InChI=1S/C22H16O6/c23-20(24)14-17-13-18(27-21(25)15-7-3-1-4-8-15)11-12-19(17)28-22(26)16-9-5-2-6-10-16/h1-13H,14H2,(H,23,24). The summed E-state index contributed by atoms with van der Waals surface area (Å²) < 4.78 is 10.6. The minimum atomic E-state index is -1.11. The van der Waals surface area contributed by atoms with E-state index in [1.54, 1.807) is 60.7 Å². The van der Waals surface area contributed by atoms with Gasteiger partial charge < -0.3 is 14.6 Å². The monoisotopic (exact) mass is 376 g/mol. The van der Waals surface area contributed by atoms with Crippen molar-refractivity contribution in [1.82, 2.24) is 0 Å². The van der Waals surface area contributed by atoms with Gasteiger partial charge in [-0.15, -0.1) is 0 Å². The molecule has 0 unspecified atom stereocenters. The van der Waals surface area contributed by atoms with Crippen LogP contribution in [0.25, 0.3) is 0 Å². The number of esters is 2. The largest absolute Gasteiger partial charge is 0.481 e. The molecule has 3 rings (SSSR count). The molecule has 0 aliphatic carbocycles. The Labute approximate surface area is 161 Å². The van der Waals surface area contributed by atoms with Gasteiger partial charge in [0.15, 0.2) is 0 Å². The third-order valence-electron chi connectivity index (χ3n) is 3.81. The molecule has 3 aromatic rings. The molecule has 1 N–H and O–H groups in total. The highest BCUT2D eigenvalue weighted by atomic mass is 16.5. The van der Waals surface area contributed by atoms with Gasteiger partial charge in [0.2, 0.25) is 0 Å². The number of benzene rings is 3. The maximum atomic E-state index is 12.2. The minimum absolute atomic E-state index is 0.0933. The lowest BCUT2D eigenvalue weighted by molar-refractivity contribution is -0.136. The molecule has 0 spiro atoms. The molecule has 0 fully saturated rings. The number of rotatable bonds is 6. The van der Waals surface area contributed by atoms with Crippen LogP contribution in [0.4, 0.5) is 0 Å². The summed E-state index contributed by atoms with van der Waals surface area (Å²) in [5, 5.41) is 9.15. The fourth-order valence-corrected chi connectivity index (χ4v) is 2.49. The number of ether oxygens (including phenoxy) is 2. The SMILES string of the molecule is O=C(O)Cc1cc(OC(=O)c2ccccc2)ccc1OC(=O)c1ccccc1. The number of carbonyl (C=O) groups excluding carboxylic acids is 2. The summed E-state index contributed by atoms with van der Waals surface area (Å²) in [5.41, 5.74) is 0.917. The number of carbonyl (C=O) groups is 3. The highest BCUT2D eigenvalue weighted by Crippen LogP contribution is 2.26. The van der Waals surface area contributed by atoms with E-state index in [1.807, 2.05) is 0 Å². The number of aliphatic carboxylic acids is 1. The van der Waals surface area contributed by atoms with Crippen LogP contribution in [-0.2, 0) is 11.2 Å². The van der Waals surface area contributed by atoms with Crippen LogP contribution in [0.15, 0.2) is 78.9 Å². The first-order chi connectivity index (χ1) is 13.5. The summed E-state index contributed by atoms with van der Waals surface area (Å²) >= 11 is 0. The van der Waals surface area contributed by atoms with E-state index < -0.39 is 24.3 Å². The van der Waals surface area contributed by atoms with E-state index in [1.165, 1.54) is 18.2 Å². The fraction of sp³-hybridized carbons (Fsp3) is 0.0455. The molecule has 0 radical (unpaired) electrons. The van der Waals surface area contributed by atoms with E-state index in [4.69, 9.17) is 14.6 Å². The Balaban J connectivity index is 1.82. The molecule has 6 nitrogen and oxygen atoms in total. The summed E-state index contributed by atoms with van der Waals surface area (Å²) in [7, 11) is 0. The Bertz CT molecular complexity index is 996. The molecule has 0 atom stereocenters. The van der Waals surface area contributed by atoms with Crippen molar-refractivity contribution < 1.29 is 29.0 Å². The van der Waals surface area contributed by atoms with Crippen molar-refractivity contribution in [3.05, 3.63) is 95.6 Å². The lowest BCUT2D eigenvalue weighted by Gasteiger charge is -2.11. The summed E-state index contributed by atoms with van der Waals surface area (Å²) in [5.74, 6) is -2.04. The lowest BCUT2D eigenvalue weighted by Crippen LogP contribution is -2.12. The molecule has 28 heavy (non-hydrogen) atoms. The van der Waals surface area contributed by atoms with Crippen molar-refractivity contribution in [3.63, 3.8) is 0 Å². The van der Waals surface area contributed by atoms with Gasteiger partial charge in [0, 0.05) is 5.56 Å². The number of carboxylic acid groups (broad SMARTS) is 1. The molecule has 0 aliphatic rings. The number of hydrogen-bond donors (Lipinski definition) is 1. The molecular formula is C22H16O6. The first-order valence-corrected chi connectivity index (χ1v) is 8.42. The van der Waals surface area contributed by atoms with Crippen LogP contribution < -0.4 is 9.47 Å². The number of hydrogen-bond acceptors (Lipinski definition) is 5. The first kappa shape index (κ1) is 18.8. The second kappa shape index (κ2) is 8.64. The van der Waals surface area contributed by atoms with Crippen LogP contribution in [-0.4, -0.2) is 23.0 Å². The fourth-order valence-electron chi connectivity index (χ4n) is 2.49. The molecule has 0 saturated heterocycles. The average molecular weight is 376 g/mol. The second-order valence-corrected chi connectivity index (χ2v) is 5.85. The smallest absolute Gasteiger partial charge is 0.343 e. The van der Waals surface area contributed by atoms with Gasteiger partial charge in [-0.2, -0.15) is 0 Å². The summed E-state index contributed by atoms with van der Waals surface area (Å²) in [6.45, 7) is 0.